The van der Waals surface area contributed by atoms with Crippen LogP contribution in [0.3, 0.4) is 0 Å². The molecule has 0 amide bonds. The van der Waals surface area contributed by atoms with Crippen LogP contribution < -0.4 is 5.32 Å². The molecule has 0 spiro atoms. The Morgan fingerprint density at radius 2 is 1.65 bits per heavy atom. The molecule has 0 saturated carbocycles. The van der Waals surface area contributed by atoms with Crippen LogP contribution in [0.25, 0.3) is 10.8 Å². The van der Waals surface area contributed by atoms with Gasteiger partial charge in [-0.1, -0.05) is 42.0 Å². The zero-order valence-corrected chi connectivity index (χ0v) is 10.4. The van der Waals surface area contributed by atoms with Gasteiger partial charge in [0.25, 0.3) is 0 Å². The molecule has 1 heteroatoms. The number of benzene rings is 2. The fraction of sp³-hybridized carbons (Fsp3) is 0.375. The van der Waals surface area contributed by atoms with Crippen LogP contribution in [-0.2, 0) is 0 Å². The highest BCUT2D eigenvalue weighted by molar-refractivity contribution is 5.83. The summed E-state index contributed by atoms with van der Waals surface area (Å²) in [5.74, 6) is 0.752. The molecule has 1 aliphatic rings. The third kappa shape index (κ3) is 2.20. The Bertz CT molecular complexity index is 524. The van der Waals surface area contributed by atoms with Gasteiger partial charge in [0, 0.05) is 0 Å². The Labute approximate surface area is 103 Å². The molecule has 0 radical (unpaired) electrons. The van der Waals surface area contributed by atoms with Crippen molar-refractivity contribution in [1.82, 2.24) is 5.32 Å². The molecule has 1 nitrogen and oxygen atoms in total. The normalized spacial score (nSPS) is 17.5. The first kappa shape index (κ1) is 10.8. The van der Waals surface area contributed by atoms with Crippen molar-refractivity contribution < 1.29 is 0 Å². The standard InChI is InChI=1S/C16H19N/c1-12-2-3-16-11-15(5-4-14(16)10-12)13-6-8-17-9-7-13/h2-5,10-11,13,17H,6-9H2,1H3. The summed E-state index contributed by atoms with van der Waals surface area (Å²) in [6.45, 7) is 4.48. The van der Waals surface area contributed by atoms with Gasteiger partial charge in [0.15, 0.2) is 0 Å². The van der Waals surface area contributed by atoms with E-state index in [-0.39, 0.29) is 0 Å². The molecule has 3 rings (SSSR count). The van der Waals surface area contributed by atoms with Gasteiger partial charge in [-0.2, -0.15) is 0 Å². The van der Waals surface area contributed by atoms with Crippen molar-refractivity contribution >= 4 is 10.8 Å². The topological polar surface area (TPSA) is 12.0 Å². The average Bonchev–Trinajstić information content (AvgIpc) is 2.39. The molecule has 0 unspecified atom stereocenters. The summed E-state index contributed by atoms with van der Waals surface area (Å²) in [5, 5.41) is 6.17. The SMILES string of the molecule is Cc1ccc2cc(C3CCNCC3)ccc2c1. The van der Waals surface area contributed by atoms with Crippen LogP contribution in [0.15, 0.2) is 36.4 Å². The first-order valence-electron chi connectivity index (χ1n) is 6.54. The Morgan fingerprint density at radius 3 is 2.47 bits per heavy atom. The van der Waals surface area contributed by atoms with Gasteiger partial charge < -0.3 is 5.32 Å². The quantitative estimate of drug-likeness (QED) is 0.781. The summed E-state index contributed by atoms with van der Waals surface area (Å²) in [6.07, 6.45) is 2.55. The maximum Gasteiger partial charge on any atom is -0.00431 e. The lowest BCUT2D eigenvalue weighted by Gasteiger charge is -2.23. The van der Waals surface area contributed by atoms with E-state index in [9.17, 15) is 0 Å². The number of nitrogens with one attached hydrogen (secondary N) is 1. The van der Waals surface area contributed by atoms with Crippen molar-refractivity contribution in [1.29, 1.82) is 0 Å². The highest BCUT2D eigenvalue weighted by atomic mass is 14.9. The van der Waals surface area contributed by atoms with Crippen LogP contribution in [0.1, 0.15) is 29.9 Å². The number of rotatable bonds is 1. The second-order valence-electron chi connectivity index (χ2n) is 5.13. The van der Waals surface area contributed by atoms with Crippen molar-refractivity contribution in [3.63, 3.8) is 0 Å². The Balaban J connectivity index is 1.98. The molecule has 88 valence electrons. The van der Waals surface area contributed by atoms with Crippen LogP contribution in [-0.4, -0.2) is 13.1 Å². The van der Waals surface area contributed by atoms with Crippen LogP contribution in [0, 0.1) is 6.92 Å². The molecule has 1 fully saturated rings. The molecule has 1 N–H and O–H groups in total. The third-order valence-corrected chi connectivity index (χ3v) is 3.83. The number of fused-ring (bicyclic) bond motifs is 1. The van der Waals surface area contributed by atoms with Crippen molar-refractivity contribution in [3.8, 4) is 0 Å². The van der Waals surface area contributed by atoms with E-state index in [4.69, 9.17) is 0 Å². The zero-order valence-electron chi connectivity index (χ0n) is 10.4. The van der Waals surface area contributed by atoms with E-state index in [0.717, 1.165) is 19.0 Å². The smallest absolute Gasteiger partial charge is 0.00431 e. The minimum absolute atomic E-state index is 0.752. The first-order valence-corrected chi connectivity index (χ1v) is 6.54. The van der Waals surface area contributed by atoms with Gasteiger partial charge in [-0.15, -0.1) is 0 Å². The Kier molecular flexibility index (Phi) is 2.86. The largest absolute Gasteiger partial charge is 0.317 e. The van der Waals surface area contributed by atoms with Crippen LogP contribution >= 0.6 is 0 Å². The molecule has 0 aliphatic carbocycles. The fourth-order valence-corrected chi connectivity index (χ4v) is 2.79. The molecule has 0 atom stereocenters. The Hall–Kier alpha value is -1.34. The molecule has 0 bridgehead atoms. The second-order valence-corrected chi connectivity index (χ2v) is 5.13. The van der Waals surface area contributed by atoms with Gasteiger partial charge in [-0.25, -0.2) is 0 Å². The van der Waals surface area contributed by atoms with Gasteiger partial charge in [-0.3, -0.25) is 0 Å². The summed E-state index contributed by atoms with van der Waals surface area (Å²) in [4.78, 5) is 0. The summed E-state index contributed by atoms with van der Waals surface area (Å²) in [5.41, 5.74) is 2.86. The van der Waals surface area contributed by atoms with Crippen LogP contribution in [0.5, 0.6) is 0 Å². The molecule has 1 heterocycles. The van der Waals surface area contributed by atoms with E-state index in [1.165, 1.54) is 34.7 Å². The fourth-order valence-electron chi connectivity index (χ4n) is 2.79. The van der Waals surface area contributed by atoms with E-state index >= 15 is 0 Å². The van der Waals surface area contributed by atoms with Crippen molar-refractivity contribution in [2.24, 2.45) is 0 Å². The van der Waals surface area contributed by atoms with E-state index in [1.807, 2.05) is 0 Å². The first-order chi connectivity index (χ1) is 8.33. The van der Waals surface area contributed by atoms with Gasteiger partial charge in [-0.05, 0) is 55.1 Å². The van der Waals surface area contributed by atoms with Gasteiger partial charge in [0.2, 0.25) is 0 Å². The van der Waals surface area contributed by atoms with Crippen LogP contribution in [0.4, 0.5) is 0 Å². The van der Waals surface area contributed by atoms with E-state index < -0.39 is 0 Å². The predicted octanol–water partition coefficient (Wildman–Crippen LogP) is 3.62. The zero-order chi connectivity index (χ0) is 11.7. The lowest BCUT2D eigenvalue weighted by Crippen LogP contribution is -2.26. The van der Waals surface area contributed by atoms with E-state index in [1.54, 1.807) is 0 Å². The number of hydrogen-bond acceptors (Lipinski definition) is 1. The molecular formula is C16H19N. The average molecular weight is 225 g/mol. The van der Waals surface area contributed by atoms with Gasteiger partial charge >= 0.3 is 0 Å². The van der Waals surface area contributed by atoms with Gasteiger partial charge in [0.05, 0.1) is 0 Å². The molecule has 17 heavy (non-hydrogen) atoms. The molecule has 2 aromatic carbocycles. The predicted molar refractivity (Wildman–Crippen MR) is 73.5 cm³/mol. The van der Waals surface area contributed by atoms with E-state index in [2.05, 4.69) is 48.6 Å². The summed E-state index contributed by atoms with van der Waals surface area (Å²) >= 11 is 0. The van der Waals surface area contributed by atoms with Crippen LogP contribution in [0.2, 0.25) is 0 Å². The monoisotopic (exact) mass is 225 g/mol. The Morgan fingerprint density at radius 1 is 0.941 bits per heavy atom. The van der Waals surface area contributed by atoms with E-state index in [0.29, 0.717) is 0 Å². The maximum atomic E-state index is 3.43. The molecule has 0 aromatic heterocycles. The number of aryl methyl sites for hydroxylation is 1. The highest BCUT2D eigenvalue weighted by Crippen LogP contribution is 2.28. The summed E-state index contributed by atoms with van der Waals surface area (Å²) < 4.78 is 0. The summed E-state index contributed by atoms with van der Waals surface area (Å²) in [7, 11) is 0. The lowest BCUT2D eigenvalue weighted by atomic mass is 9.89. The van der Waals surface area contributed by atoms with Crippen molar-refractivity contribution in [2.45, 2.75) is 25.7 Å². The van der Waals surface area contributed by atoms with Gasteiger partial charge in [0.1, 0.15) is 0 Å². The summed E-state index contributed by atoms with van der Waals surface area (Å²) in [6, 6.07) is 13.7. The third-order valence-electron chi connectivity index (χ3n) is 3.83. The second kappa shape index (κ2) is 4.50. The molecule has 1 aliphatic heterocycles. The highest BCUT2D eigenvalue weighted by Gasteiger charge is 2.14. The number of hydrogen-bond donors (Lipinski definition) is 1. The molecular weight excluding hydrogens is 206 g/mol. The molecule has 1 saturated heterocycles. The van der Waals surface area contributed by atoms with Crippen molar-refractivity contribution in [3.05, 3.63) is 47.5 Å². The lowest BCUT2D eigenvalue weighted by molar-refractivity contribution is 0.460. The molecule has 2 aromatic rings. The number of piperidine rings is 1. The minimum atomic E-state index is 0.752. The minimum Gasteiger partial charge on any atom is -0.317 e. The van der Waals surface area contributed by atoms with Crippen molar-refractivity contribution in [2.75, 3.05) is 13.1 Å². The maximum absolute atomic E-state index is 3.43.